The average molecular weight is 370 g/mol. The molecule has 2 aliphatic rings. The van der Waals surface area contributed by atoms with Crippen LogP contribution in [0.3, 0.4) is 0 Å². The van der Waals surface area contributed by atoms with Crippen LogP contribution in [0.15, 0.2) is 91.0 Å². The summed E-state index contributed by atoms with van der Waals surface area (Å²) < 4.78 is 0. The molecule has 0 spiro atoms. The third-order valence-corrected chi connectivity index (χ3v) is 5.45. The normalized spacial score (nSPS) is 23.9. The molecular weight excluding hydrogens is 352 g/mol. The van der Waals surface area contributed by atoms with Gasteiger partial charge in [-0.25, -0.2) is 4.84 Å². The molecule has 0 unspecified atom stereocenters. The molecule has 5 heteroatoms. The van der Waals surface area contributed by atoms with Gasteiger partial charge < -0.3 is 5.21 Å². The number of hydrazine groups is 1. The van der Waals surface area contributed by atoms with Crippen molar-refractivity contribution in [2.24, 2.45) is 0 Å². The Morgan fingerprint density at radius 2 is 1.46 bits per heavy atom. The first kappa shape index (κ1) is 16.7. The lowest BCUT2D eigenvalue weighted by Gasteiger charge is -2.24. The standard InChI is InChI=1S/C23H18N2O3/c26-22-21(18-12-6-2-7-13-18)24(27)25-23(22,19-14-8-3-9-15-19)16-20(28-25)17-10-4-1-5-11-17/h1-15,20H,16H2/t20-,23+/m0/s1. The molecule has 3 aromatic rings. The number of carbonyl (C=O) groups is 1. The molecule has 0 saturated carbocycles. The summed E-state index contributed by atoms with van der Waals surface area (Å²) in [5.74, 6) is -0.238. The van der Waals surface area contributed by atoms with Crippen LogP contribution >= 0.6 is 0 Å². The highest BCUT2D eigenvalue weighted by Gasteiger charge is 2.66. The summed E-state index contributed by atoms with van der Waals surface area (Å²) in [6, 6.07) is 28.1. The lowest BCUT2D eigenvalue weighted by Crippen LogP contribution is -2.44. The number of fused-ring (bicyclic) bond motifs is 1. The Morgan fingerprint density at radius 1 is 0.893 bits per heavy atom. The summed E-state index contributed by atoms with van der Waals surface area (Å²) in [4.78, 5) is 20.4. The number of Topliss-reactive ketones (excluding diaryl/α,β-unsaturated/α-hetero) is 1. The maximum atomic E-state index is 13.7. The smallest absolute Gasteiger partial charge is 0.297 e. The summed E-state index contributed by atoms with van der Waals surface area (Å²) in [5, 5.41) is 14.4. The molecule has 2 atom stereocenters. The minimum atomic E-state index is -1.17. The summed E-state index contributed by atoms with van der Waals surface area (Å²) in [7, 11) is 0. The van der Waals surface area contributed by atoms with Crippen LogP contribution in [-0.4, -0.2) is 21.5 Å². The number of hydrogen-bond acceptors (Lipinski definition) is 4. The van der Waals surface area contributed by atoms with Crippen molar-refractivity contribution in [1.82, 2.24) is 5.17 Å². The van der Waals surface area contributed by atoms with Crippen molar-refractivity contribution < 1.29 is 14.5 Å². The monoisotopic (exact) mass is 370 g/mol. The number of rotatable bonds is 3. The SMILES string of the molecule is O=C1C(c2ccccc2)=[N+]([O-])N2O[C@H](c3ccccc3)C[C@@]12c1ccccc1. The molecule has 28 heavy (non-hydrogen) atoms. The molecule has 0 amide bonds. The highest BCUT2D eigenvalue weighted by atomic mass is 16.8. The number of carbonyl (C=O) groups excluding carboxylic acids is 1. The van der Waals surface area contributed by atoms with Crippen LogP contribution in [0.2, 0.25) is 0 Å². The maximum absolute atomic E-state index is 13.7. The van der Waals surface area contributed by atoms with E-state index in [0.29, 0.717) is 16.8 Å². The number of hydrogen-bond donors (Lipinski definition) is 0. The Balaban J connectivity index is 1.66. The minimum Gasteiger partial charge on any atom is -0.594 e. The first-order valence-electron chi connectivity index (χ1n) is 9.23. The van der Waals surface area contributed by atoms with Gasteiger partial charge in [-0.05, 0) is 33.3 Å². The molecule has 0 N–H and O–H groups in total. The first-order valence-corrected chi connectivity index (χ1v) is 9.23. The van der Waals surface area contributed by atoms with Crippen LogP contribution in [-0.2, 0) is 15.2 Å². The molecule has 2 heterocycles. The quantitative estimate of drug-likeness (QED) is 0.520. The van der Waals surface area contributed by atoms with Gasteiger partial charge in [-0.15, -0.1) is 0 Å². The second-order valence-electron chi connectivity index (χ2n) is 7.02. The van der Waals surface area contributed by atoms with E-state index in [0.717, 1.165) is 11.1 Å². The number of hydroxylamine groups is 1. The Labute approximate surface area is 162 Å². The van der Waals surface area contributed by atoms with Crippen LogP contribution in [0.25, 0.3) is 0 Å². The van der Waals surface area contributed by atoms with Gasteiger partial charge in [0.2, 0.25) is 5.54 Å². The van der Waals surface area contributed by atoms with E-state index in [4.69, 9.17) is 4.84 Å². The highest BCUT2D eigenvalue weighted by molar-refractivity contribution is 6.47. The second-order valence-corrected chi connectivity index (χ2v) is 7.02. The molecule has 5 nitrogen and oxygen atoms in total. The largest absolute Gasteiger partial charge is 0.594 e. The van der Waals surface area contributed by atoms with E-state index in [1.165, 1.54) is 5.17 Å². The lowest BCUT2D eigenvalue weighted by atomic mass is 9.79. The number of hydrazone groups is 1. The molecule has 1 fully saturated rings. The van der Waals surface area contributed by atoms with Crippen molar-refractivity contribution in [1.29, 1.82) is 0 Å². The third-order valence-electron chi connectivity index (χ3n) is 5.45. The fourth-order valence-corrected chi connectivity index (χ4v) is 4.10. The fourth-order valence-electron chi connectivity index (χ4n) is 4.10. The van der Waals surface area contributed by atoms with Crippen LogP contribution in [0.5, 0.6) is 0 Å². The van der Waals surface area contributed by atoms with E-state index < -0.39 is 5.54 Å². The average Bonchev–Trinajstić information content (AvgIpc) is 3.26. The Morgan fingerprint density at radius 3 is 2.11 bits per heavy atom. The Hall–Kier alpha value is -3.44. The van der Waals surface area contributed by atoms with Gasteiger partial charge in [0.15, 0.2) is 0 Å². The van der Waals surface area contributed by atoms with Gasteiger partial charge in [0.1, 0.15) is 6.10 Å². The second kappa shape index (κ2) is 6.32. The molecule has 3 aromatic carbocycles. The van der Waals surface area contributed by atoms with Crippen molar-refractivity contribution in [3.8, 4) is 0 Å². The van der Waals surface area contributed by atoms with E-state index in [1.54, 1.807) is 12.1 Å². The van der Waals surface area contributed by atoms with Crippen molar-refractivity contribution >= 4 is 11.5 Å². The predicted molar refractivity (Wildman–Crippen MR) is 104 cm³/mol. The molecule has 5 rings (SSSR count). The molecule has 1 saturated heterocycles. The van der Waals surface area contributed by atoms with E-state index in [-0.39, 0.29) is 17.6 Å². The maximum Gasteiger partial charge on any atom is 0.297 e. The summed E-state index contributed by atoms with van der Waals surface area (Å²) in [6.45, 7) is 0. The van der Waals surface area contributed by atoms with Crippen LogP contribution in [0, 0.1) is 5.21 Å². The minimum absolute atomic E-state index is 0.107. The molecule has 0 aliphatic carbocycles. The van der Waals surface area contributed by atoms with Crippen LogP contribution < -0.4 is 0 Å². The van der Waals surface area contributed by atoms with Crippen molar-refractivity contribution in [2.45, 2.75) is 18.1 Å². The summed E-state index contributed by atoms with van der Waals surface area (Å²) in [5.41, 5.74) is 1.22. The van der Waals surface area contributed by atoms with E-state index in [2.05, 4.69) is 0 Å². The van der Waals surface area contributed by atoms with Gasteiger partial charge >= 0.3 is 0 Å². The molecule has 0 bridgehead atoms. The summed E-state index contributed by atoms with van der Waals surface area (Å²) in [6.07, 6.45) is -0.00583. The Kier molecular flexibility index (Phi) is 3.77. The fraction of sp³-hybridized carbons (Fsp3) is 0.130. The molecule has 0 radical (unpaired) electrons. The van der Waals surface area contributed by atoms with Crippen molar-refractivity contribution in [3.05, 3.63) is 113 Å². The van der Waals surface area contributed by atoms with Gasteiger partial charge in [0, 0.05) is 6.42 Å². The molecule has 0 aromatic heterocycles. The number of ketones is 1. The number of nitrogens with zero attached hydrogens (tertiary/aromatic N) is 2. The zero-order valence-corrected chi connectivity index (χ0v) is 15.1. The van der Waals surface area contributed by atoms with E-state index in [9.17, 15) is 10.0 Å². The van der Waals surface area contributed by atoms with Crippen molar-refractivity contribution in [2.75, 3.05) is 0 Å². The van der Waals surface area contributed by atoms with Crippen LogP contribution in [0.1, 0.15) is 29.2 Å². The highest BCUT2D eigenvalue weighted by Crippen LogP contribution is 2.50. The zero-order valence-electron chi connectivity index (χ0n) is 15.1. The van der Waals surface area contributed by atoms with E-state index >= 15 is 0 Å². The van der Waals surface area contributed by atoms with Gasteiger partial charge in [0.05, 0.1) is 5.56 Å². The van der Waals surface area contributed by atoms with Gasteiger partial charge in [-0.1, -0.05) is 78.9 Å². The third kappa shape index (κ3) is 2.30. The molecular formula is C23H18N2O3. The number of benzene rings is 3. The molecule has 2 aliphatic heterocycles. The van der Waals surface area contributed by atoms with Gasteiger partial charge in [-0.2, -0.15) is 0 Å². The lowest BCUT2D eigenvalue weighted by molar-refractivity contribution is -0.721. The van der Waals surface area contributed by atoms with Gasteiger partial charge in [0.25, 0.3) is 11.5 Å². The Bertz CT molecular complexity index is 1050. The van der Waals surface area contributed by atoms with Crippen LogP contribution in [0.4, 0.5) is 0 Å². The topological polar surface area (TPSA) is 55.6 Å². The van der Waals surface area contributed by atoms with Crippen molar-refractivity contribution in [3.63, 3.8) is 0 Å². The first-order chi connectivity index (χ1) is 13.7. The predicted octanol–water partition coefficient (Wildman–Crippen LogP) is 3.76. The molecule has 138 valence electrons. The zero-order chi connectivity index (χ0) is 19.1. The van der Waals surface area contributed by atoms with Gasteiger partial charge in [-0.3, -0.25) is 4.79 Å². The van der Waals surface area contributed by atoms with E-state index in [1.807, 2.05) is 78.9 Å². The summed E-state index contributed by atoms with van der Waals surface area (Å²) >= 11 is 0.